The van der Waals surface area contributed by atoms with Gasteiger partial charge in [0.15, 0.2) is 5.54 Å². The summed E-state index contributed by atoms with van der Waals surface area (Å²) in [5.41, 5.74) is 6.52. The summed E-state index contributed by atoms with van der Waals surface area (Å²) in [6, 6.07) is 7.77. The van der Waals surface area contributed by atoms with Crippen molar-refractivity contribution in [1.82, 2.24) is 0 Å². The van der Waals surface area contributed by atoms with Crippen molar-refractivity contribution in [2.24, 2.45) is 10.7 Å². The van der Waals surface area contributed by atoms with E-state index in [9.17, 15) is 4.79 Å². The Bertz CT molecular complexity index is 493. The lowest BCUT2D eigenvalue weighted by atomic mass is 9.95. The van der Waals surface area contributed by atoms with E-state index in [0.29, 0.717) is 6.54 Å². The van der Waals surface area contributed by atoms with Crippen molar-refractivity contribution in [3.05, 3.63) is 42.0 Å². The first-order valence-corrected chi connectivity index (χ1v) is 5.45. The van der Waals surface area contributed by atoms with Crippen LogP contribution in [0, 0.1) is 6.92 Å². The van der Waals surface area contributed by atoms with E-state index in [4.69, 9.17) is 5.73 Å². The fourth-order valence-corrected chi connectivity index (χ4v) is 1.77. The normalized spacial score (nSPS) is 22.4. The number of rotatable bonds is 3. The monoisotopic (exact) mass is 229 g/mol. The van der Waals surface area contributed by atoms with E-state index in [1.165, 1.54) is 0 Å². The van der Waals surface area contributed by atoms with Gasteiger partial charge < -0.3 is 11.1 Å². The van der Waals surface area contributed by atoms with Crippen molar-refractivity contribution in [3.63, 3.8) is 0 Å². The van der Waals surface area contributed by atoms with Crippen LogP contribution in [-0.4, -0.2) is 24.2 Å². The van der Waals surface area contributed by atoms with Crippen molar-refractivity contribution in [2.45, 2.75) is 12.5 Å². The van der Waals surface area contributed by atoms with Gasteiger partial charge in [0.2, 0.25) is 5.91 Å². The van der Waals surface area contributed by atoms with Crippen LogP contribution in [0.2, 0.25) is 0 Å². The number of aliphatic imine (C=N–C) groups is 1. The van der Waals surface area contributed by atoms with Gasteiger partial charge in [-0.15, -0.1) is 0 Å². The standard InChI is InChI=1S/C13H15N3O/c1-10-5-2-3-6-11(10)16-13(12(14)17)7-4-8-15-9-13/h2-8,16H,9H2,1H3,(H2,14,17). The predicted molar refractivity (Wildman–Crippen MR) is 69.2 cm³/mol. The van der Waals surface area contributed by atoms with Gasteiger partial charge in [0.05, 0.1) is 6.54 Å². The molecule has 17 heavy (non-hydrogen) atoms. The molecule has 1 amide bonds. The molecule has 1 aliphatic heterocycles. The summed E-state index contributed by atoms with van der Waals surface area (Å²) in [5.74, 6) is -0.422. The van der Waals surface area contributed by atoms with E-state index in [-0.39, 0.29) is 0 Å². The second-order valence-corrected chi connectivity index (χ2v) is 4.12. The summed E-state index contributed by atoms with van der Waals surface area (Å²) in [4.78, 5) is 15.7. The van der Waals surface area contributed by atoms with Crippen molar-refractivity contribution in [1.29, 1.82) is 0 Å². The van der Waals surface area contributed by atoms with Crippen LogP contribution in [0.25, 0.3) is 0 Å². The maximum absolute atomic E-state index is 11.6. The average Bonchev–Trinajstić information content (AvgIpc) is 2.33. The highest BCUT2D eigenvalue weighted by Crippen LogP contribution is 2.22. The molecule has 1 aromatic rings. The number of aryl methyl sites for hydroxylation is 1. The minimum atomic E-state index is -0.916. The lowest BCUT2D eigenvalue weighted by Crippen LogP contribution is -2.52. The quantitative estimate of drug-likeness (QED) is 0.819. The summed E-state index contributed by atoms with van der Waals surface area (Å²) in [5, 5.41) is 3.19. The van der Waals surface area contributed by atoms with E-state index in [1.807, 2.05) is 31.2 Å². The number of nitrogens with zero attached hydrogens (tertiary/aromatic N) is 1. The SMILES string of the molecule is Cc1ccccc1NC1(C(N)=O)C=CC=NC1. The highest BCUT2D eigenvalue weighted by Gasteiger charge is 2.34. The summed E-state index contributed by atoms with van der Waals surface area (Å²) in [7, 11) is 0. The maximum Gasteiger partial charge on any atom is 0.249 e. The van der Waals surface area contributed by atoms with E-state index < -0.39 is 11.4 Å². The molecule has 1 heterocycles. The minimum Gasteiger partial charge on any atom is -0.367 e. The van der Waals surface area contributed by atoms with Crippen LogP contribution in [-0.2, 0) is 4.79 Å². The van der Waals surface area contributed by atoms with Gasteiger partial charge in [-0.3, -0.25) is 9.79 Å². The van der Waals surface area contributed by atoms with Gasteiger partial charge in [-0.1, -0.05) is 18.2 Å². The molecule has 0 saturated carbocycles. The fourth-order valence-electron chi connectivity index (χ4n) is 1.77. The number of carbonyl (C=O) groups excluding carboxylic acids is 1. The lowest BCUT2D eigenvalue weighted by molar-refractivity contribution is -0.120. The zero-order chi connectivity index (χ0) is 12.3. The van der Waals surface area contributed by atoms with Crippen molar-refractivity contribution >= 4 is 17.8 Å². The van der Waals surface area contributed by atoms with E-state index in [1.54, 1.807) is 18.4 Å². The van der Waals surface area contributed by atoms with Gasteiger partial charge in [0, 0.05) is 11.9 Å². The number of dihydropyridines is 1. The fraction of sp³-hybridized carbons (Fsp3) is 0.231. The molecule has 3 N–H and O–H groups in total. The highest BCUT2D eigenvalue weighted by molar-refractivity contribution is 5.93. The average molecular weight is 229 g/mol. The molecule has 0 fully saturated rings. The number of para-hydroxylation sites is 1. The first-order valence-electron chi connectivity index (χ1n) is 5.45. The number of hydrogen-bond donors (Lipinski definition) is 2. The molecule has 0 spiro atoms. The van der Waals surface area contributed by atoms with Gasteiger partial charge in [-0.25, -0.2) is 0 Å². The highest BCUT2D eigenvalue weighted by atomic mass is 16.1. The Hall–Kier alpha value is -2.10. The third kappa shape index (κ3) is 2.20. The topological polar surface area (TPSA) is 67.5 Å². The maximum atomic E-state index is 11.6. The number of hydrogen-bond acceptors (Lipinski definition) is 3. The molecule has 4 nitrogen and oxygen atoms in total. The number of nitrogens with two attached hydrogens (primary N) is 1. The van der Waals surface area contributed by atoms with Crippen LogP contribution < -0.4 is 11.1 Å². The predicted octanol–water partition coefficient (Wildman–Crippen LogP) is 1.27. The number of carbonyl (C=O) groups is 1. The number of primary amides is 1. The van der Waals surface area contributed by atoms with E-state index in [0.717, 1.165) is 11.3 Å². The molecule has 1 unspecified atom stereocenters. The zero-order valence-corrected chi connectivity index (χ0v) is 9.68. The molecular weight excluding hydrogens is 214 g/mol. The summed E-state index contributed by atoms with van der Waals surface area (Å²) in [6.45, 7) is 2.31. The Kier molecular flexibility index (Phi) is 2.95. The van der Waals surface area contributed by atoms with Crippen molar-refractivity contribution in [2.75, 3.05) is 11.9 Å². The summed E-state index contributed by atoms with van der Waals surface area (Å²) >= 11 is 0. The Labute approximate surface area is 100 Å². The molecule has 0 radical (unpaired) electrons. The summed E-state index contributed by atoms with van der Waals surface area (Å²) < 4.78 is 0. The third-order valence-electron chi connectivity index (χ3n) is 2.86. The number of anilines is 1. The Morgan fingerprint density at radius 1 is 1.47 bits per heavy atom. The van der Waals surface area contributed by atoms with Gasteiger partial charge in [-0.2, -0.15) is 0 Å². The molecular formula is C13H15N3O. The van der Waals surface area contributed by atoms with Gasteiger partial charge in [0.1, 0.15) is 0 Å². The Balaban J connectivity index is 2.32. The number of nitrogens with one attached hydrogen (secondary N) is 1. The molecule has 2 rings (SSSR count). The first kappa shape index (κ1) is 11.4. The van der Waals surface area contributed by atoms with Crippen molar-refractivity contribution in [3.8, 4) is 0 Å². The molecule has 4 heteroatoms. The van der Waals surface area contributed by atoms with Crippen LogP contribution in [0.3, 0.4) is 0 Å². The first-order chi connectivity index (χ1) is 8.14. The molecule has 1 aliphatic rings. The van der Waals surface area contributed by atoms with Gasteiger partial charge >= 0.3 is 0 Å². The van der Waals surface area contributed by atoms with Crippen LogP contribution >= 0.6 is 0 Å². The number of allylic oxidation sites excluding steroid dienone is 1. The Morgan fingerprint density at radius 2 is 2.24 bits per heavy atom. The second-order valence-electron chi connectivity index (χ2n) is 4.12. The van der Waals surface area contributed by atoms with Crippen LogP contribution in [0.4, 0.5) is 5.69 Å². The largest absolute Gasteiger partial charge is 0.367 e. The van der Waals surface area contributed by atoms with E-state index >= 15 is 0 Å². The van der Waals surface area contributed by atoms with Crippen LogP contribution in [0.5, 0.6) is 0 Å². The molecule has 0 bridgehead atoms. The van der Waals surface area contributed by atoms with Crippen LogP contribution in [0.15, 0.2) is 41.4 Å². The summed E-state index contributed by atoms with van der Waals surface area (Å²) in [6.07, 6.45) is 5.16. The van der Waals surface area contributed by atoms with Crippen molar-refractivity contribution < 1.29 is 4.79 Å². The zero-order valence-electron chi connectivity index (χ0n) is 9.68. The molecule has 88 valence electrons. The second kappa shape index (κ2) is 4.41. The van der Waals surface area contributed by atoms with Gasteiger partial charge in [0.25, 0.3) is 0 Å². The van der Waals surface area contributed by atoms with Gasteiger partial charge in [-0.05, 0) is 30.7 Å². The molecule has 1 atom stereocenters. The minimum absolute atomic E-state index is 0.327. The smallest absolute Gasteiger partial charge is 0.249 e. The van der Waals surface area contributed by atoms with E-state index in [2.05, 4.69) is 10.3 Å². The third-order valence-corrected chi connectivity index (χ3v) is 2.86. The number of amides is 1. The Morgan fingerprint density at radius 3 is 2.82 bits per heavy atom. The number of benzene rings is 1. The van der Waals surface area contributed by atoms with Crippen LogP contribution in [0.1, 0.15) is 5.56 Å². The molecule has 0 saturated heterocycles. The molecule has 0 aliphatic carbocycles. The molecule has 0 aromatic heterocycles. The lowest BCUT2D eigenvalue weighted by Gasteiger charge is -2.30. The molecule has 1 aromatic carbocycles.